The maximum Gasteiger partial charge on any atom is 0.222 e. The minimum absolute atomic E-state index is 0.398. The Labute approximate surface area is 186 Å². The van der Waals surface area contributed by atoms with Crippen molar-refractivity contribution >= 4 is 18.4 Å². The van der Waals surface area contributed by atoms with Gasteiger partial charge >= 0.3 is 0 Å². The highest BCUT2D eigenvalue weighted by Crippen LogP contribution is 2.32. The quantitative estimate of drug-likeness (QED) is 0.208. The Balaban J connectivity index is 0.000000837. The standard InChI is InChI=1S/C21H24N4O3.CH4N2O/c1-14-11-15(20-17(12-26)21(27-4)25(3)23-20)9-10-19(14)28-13-16-7-5-6-8-18(16)24(2)22;2-3-1-4/h5-12H,13,22H2,1-4H3;1H,2H2,(H,3,4). The van der Waals surface area contributed by atoms with Crippen LogP contribution in [0.3, 0.4) is 0 Å². The molecule has 0 aliphatic carbocycles. The number of benzene rings is 2. The first kappa shape index (κ1) is 24.4. The van der Waals surface area contributed by atoms with Crippen molar-refractivity contribution in [1.82, 2.24) is 15.2 Å². The SMILES string of the molecule is COc1c(C=O)c(-c2ccc(OCc3ccccc3N(C)N)c(C)c2)nn1C.NNC=O. The van der Waals surface area contributed by atoms with Gasteiger partial charge in [-0.2, -0.15) is 5.10 Å². The van der Waals surface area contributed by atoms with Crippen LogP contribution in [0.4, 0.5) is 5.69 Å². The molecule has 3 aromatic rings. The third-order valence-electron chi connectivity index (χ3n) is 4.61. The lowest BCUT2D eigenvalue weighted by molar-refractivity contribution is -0.109. The summed E-state index contributed by atoms with van der Waals surface area (Å²) in [6, 6.07) is 13.5. The van der Waals surface area contributed by atoms with Crippen LogP contribution in [0.25, 0.3) is 11.3 Å². The molecule has 0 unspecified atom stereocenters. The molecule has 0 aliphatic heterocycles. The number of hydrogen-bond acceptors (Lipinski definition) is 8. The van der Waals surface area contributed by atoms with Gasteiger partial charge in [-0.15, -0.1) is 0 Å². The molecule has 0 radical (unpaired) electrons. The van der Waals surface area contributed by atoms with Crippen LogP contribution in [0.15, 0.2) is 42.5 Å². The van der Waals surface area contributed by atoms with E-state index in [1.54, 1.807) is 29.2 Å². The second-order valence-corrected chi connectivity index (χ2v) is 6.81. The predicted octanol–water partition coefficient (Wildman–Crippen LogP) is 1.71. The first-order chi connectivity index (χ1) is 15.4. The first-order valence-electron chi connectivity index (χ1n) is 9.63. The zero-order valence-corrected chi connectivity index (χ0v) is 18.5. The fourth-order valence-electron chi connectivity index (χ4n) is 3.18. The van der Waals surface area contributed by atoms with E-state index in [4.69, 9.17) is 20.1 Å². The molecule has 10 nitrogen and oxygen atoms in total. The van der Waals surface area contributed by atoms with Gasteiger partial charge in [0, 0.05) is 25.2 Å². The summed E-state index contributed by atoms with van der Waals surface area (Å²) in [5, 5.41) is 5.99. The second-order valence-electron chi connectivity index (χ2n) is 6.81. The summed E-state index contributed by atoms with van der Waals surface area (Å²) in [6.07, 6.45) is 1.17. The molecular formula is C22H28N6O4. The Bertz CT molecular complexity index is 1060. The van der Waals surface area contributed by atoms with Gasteiger partial charge in [0.25, 0.3) is 0 Å². The van der Waals surface area contributed by atoms with Gasteiger partial charge < -0.3 is 14.5 Å². The number of methoxy groups -OCH3 is 1. The van der Waals surface area contributed by atoms with Gasteiger partial charge in [0.1, 0.15) is 23.6 Å². The van der Waals surface area contributed by atoms with Crippen molar-refractivity contribution < 1.29 is 19.1 Å². The molecule has 0 bridgehead atoms. The lowest BCUT2D eigenvalue weighted by atomic mass is 10.1. The van der Waals surface area contributed by atoms with Gasteiger partial charge in [-0.3, -0.25) is 15.0 Å². The summed E-state index contributed by atoms with van der Waals surface area (Å²) in [6.45, 7) is 2.36. The maximum absolute atomic E-state index is 11.5. The maximum atomic E-state index is 11.5. The normalized spacial score (nSPS) is 9.94. The van der Waals surface area contributed by atoms with E-state index >= 15 is 0 Å². The number of para-hydroxylation sites is 1. The van der Waals surface area contributed by atoms with Crippen LogP contribution in [0, 0.1) is 6.92 Å². The summed E-state index contributed by atoms with van der Waals surface area (Å²) < 4.78 is 12.8. The molecule has 3 rings (SSSR count). The zero-order valence-electron chi connectivity index (χ0n) is 18.5. The van der Waals surface area contributed by atoms with Gasteiger partial charge in [0.05, 0.1) is 12.8 Å². The summed E-state index contributed by atoms with van der Waals surface area (Å²) in [5.41, 5.74) is 6.43. The van der Waals surface area contributed by atoms with Gasteiger partial charge in [-0.1, -0.05) is 18.2 Å². The average Bonchev–Trinajstić information content (AvgIpc) is 3.13. The number of hydrogen-bond donors (Lipinski definition) is 3. The van der Waals surface area contributed by atoms with E-state index in [0.29, 0.717) is 30.2 Å². The molecule has 0 saturated heterocycles. The number of rotatable bonds is 8. The molecule has 0 saturated carbocycles. The number of aromatic nitrogens is 2. The molecule has 0 fully saturated rings. The molecule has 1 aromatic heterocycles. The fraction of sp³-hybridized carbons (Fsp3) is 0.227. The Morgan fingerprint density at radius 1 is 1.22 bits per heavy atom. The Hall–Kier alpha value is -3.89. The molecule has 5 N–H and O–H groups in total. The van der Waals surface area contributed by atoms with Crippen molar-refractivity contribution in [2.75, 3.05) is 19.2 Å². The van der Waals surface area contributed by atoms with Crippen LogP contribution in [-0.2, 0) is 18.4 Å². The lowest BCUT2D eigenvalue weighted by Crippen LogP contribution is -2.26. The fourth-order valence-corrected chi connectivity index (χ4v) is 3.18. The number of aryl methyl sites for hydroxylation is 2. The van der Waals surface area contributed by atoms with Crippen LogP contribution in [0.1, 0.15) is 21.5 Å². The molecule has 32 heavy (non-hydrogen) atoms. The van der Waals surface area contributed by atoms with Crippen LogP contribution in [0.2, 0.25) is 0 Å². The number of ether oxygens (including phenoxy) is 2. The number of aldehydes is 1. The van der Waals surface area contributed by atoms with Crippen molar-refractivity contribution in [1.29, 1.82) is 0 Å². The number of hydrazine groups is 2. The van der Waals surface area contributed by atoms with Crippen LogP contribution in [0.5, 0.6) is 11.6 Å². The van der Waals surface area contributed by atoms with E-state index in [2.05, 4.69) is 10.9 Å². The molecule has 1 heterocycles. The van der Waals surface area contributed by atoms with Crippen molar-refractivity contribution in [3.63, 3.8) is 0 Å². The molecule has 10 heteroatoms. The smallest absolute Gasteiger partial charge is 0.222 e. The molecule has 2 aromatic carbocycles. The second kappa shape index (κ2) is 11.5. The topological polar surface area (TPSA) is 138 Å². The third-order valence-corrected chi connectivity index (χ3v) is 4.61. The Morgan fingerprint density at radius 3 is 2.47 bits per heavy atom. The minimum Gasteiger partial charge on any atom is -0.489 e. The Morgan fingerprint density at radius 2 is 1.91 bits per heavy atom. The van der Waals surface area contributed by atoms with Crippen LogP contribution < -0.4 is 31.6 Å². The van der Waals surface area contributed by atoms with Crippen molar-refractivity contribution in [2.45, 2.75) is 13.5 Å². The van der Waals surface area contributed by atoms with Crippen molar-refractivity contribution in [3.8, 4) is 22.9 Å². The van der Waals surface area contributed by atoms with E-state index < -0.39 is 0 Å². The monoisotopic (exact) mass is 440 g/mol. The largest absolute Gasteiger partial charge is 0.489 e. The molecule has 1 amide bonds. The van der Waals surface area contributed by atoms with E-state index in [1.807, 2.05) is 49.4 Å². The van der Waals surface area contributed by atoms with E-state index in [9.17, 15) is 4.79 Å². The number of carbonyl (C=O) groups is 2. The number of nitrogens with zero attached hydrogens (tertiary/aromatic N) is 3. The summed E-state index contributed by atoms with van der Waals surface area (Å²) >= 11 is 0. The zero-order chi connectivity index (χ0) is 23.7. The van der Waals surface area contributed by atoms with Crippen molar-refractivity contribution in [3.05, 3.63) is 59.2 Å². The molecule has 0 atom stereocenters. The Kier molecular flexibility index (Phi) is 8.75. The number of nitrogens with one attached hydrogen (secondary N) is 1. The third kappa shape index (κ3) is 5.62. The van der Waals surface area contributed by atoms with E-state index in [0.717, 1.165) is 34.4 Å². The average molecular weight is 441 g/mol. The highest BCUT2D eigenvalue weighted by molar-refractivity contribution is 5.89. The molecule has 0 aliphatic rings. The van der Waals surface area contributed by atoms with E-state index in [-0.39, 0.29) is 0 Å². The summed E-state index contributed by atoms with van der Waals surface area (Å²) in [5.74, 6) is 11.5. The van der Waals surface area contributed by atoms with Crippen LogP contribution in [-0.4, -0.2) is 36.6 Å². The number of nitrogens with two attached hydrogens (primary N) is 2. The minimum atomic E-state index is 0.398. The lowest BCUT2D eigenvalue weighted by Gasteiger charge is -2.17. The summed E-state index contributed by atoms with van der Waals surface area (Å²) in [7, 11) is 5.06. The number of amides is 1. The molecule has 170 valence electrons. The highest BCUT2D eigenvalue weighted by Gasteiger charge is 2.18. The van der Waals surface area contributed by atoms with Gasteiger partial charge in [0.15, 0.2) is 6.29 Å². The number of anilines is 1. The van der Waals surface area contributed by atoms with Gasteiger partial charge in [-0.25, -0.2) is 16.4 Å². The van der Waals surface area contributed by atoms with Crippen molar-refractivity contribution in [2.24, 2.45) is 18.7 Å². The van der Waals surface area contributed by atoms with Gasteiger partial charge in [-0.05, 0) is 36.8 Å². The molecular weight excluding hydrogens is 412 g/mol. The molecule has 0 spiro atoms. The number of carbonyl (C=O) groups excluding carboxylic acids is 2. The highest BCUT2D eigenvalue weighted by atomic mass is 16.5. The summed E-state index contributed by atoms with van der Waals surface area (Å²) in [4.78, 5) is 20.5. The first-order valence-corrected chi connectivity index (χ1v) is 9.63. The van der Waals surface area contributed by atoms with Crippen LogP contribution >= 0.6 is 0 Å². The van der Waals surface area contributed by atoms with E-state index in [1.165, 1.54) is 7.11 Å². The predicted molar refractivity (Wildman–Crippen MR) is 122 cm³/mol. The van der Waals surface area contributed by atoms with Gasteiger partial charge in [0.2, 0.25) is 12.3 Å².